The molecule has 0 radical (unpaired) electrons. The molecule has 1 atom stereocenters. The Kier molecular flexibility index (Phi) is 7.19. The van der Waals surface area contributed by atoms with Crippen LogP contribution in [0.25, 0.3) is 0 Å². The second kappa shape index (κ2) is 8.64. The molecule has 0 saturated heterocycles. The fourth-order valence-electron chi connectivity index (χ4n) is 2.10. The maximum absolute atomic E-state index is 12.1. The van der Waals surface area contributed by atoms with Crippen LogP contribution in [-0.4, -0.2) is 60.5 Å². The Hall–Kier alpha value is -1.92. The molecule has 1 aromatic carbocycles. The van der Waals surface area contributed by atoms with Crippen molar-refractivity contribution in [2.45, 2.75) is 32.9 Å². The molecule has 0 spiro atoms. The quantitative estimate of drug-likeness (QED) is 0.773. The van der Waals surface area contributed by atoms with Gasteiger partial charge in [-0.05, 0) is 51.6 Å². The fourth-order valence-corrected chi connectivity index (χ4v) is 2.10. The Labute approximate surface area is 138 Å². The van der Waals surface area contributed by atoms with Gasteiger partial charge < -0.3 is 20.2 Å². The molecular formula is C17H27N3O3. The molecule has 0 bridgehead atoms. The molecule has 1 rings (SSSR count). The van der Waals surface area contributed by atoms with Gasteiger partial charge in [-0.25, -0.2) is 0 Å². The van der Waals surface area contributed by atoms with Gasteiger partial charge in [0, 0.05) is 25.8 Å². The van der Waals surface area contributed by atoms with Crippen LogP contribution in [-0.2, 0) is 16.1 Å². The zero-order valence-corrected chi connectivity index (χ0v) is 14.6. The van der Waals surface area contributed by atoms with Crippen molar-refractivity contribution in [1.29, 1.82) is 0 Å². The first kappa shape index (κ1) is 19.1. The van der Waals surface area contributed by atoms with Crippen LogP contribution < -0.4 is 5.32 Å². The lowest BCUT2D eigenvalue weighted by Gasteiger charge is -2.18. The first-order valence-corrected chi connectivity index (χ1v) is 7.69. The van der Waals surface area contributed by atoms with E-state index in [1.807, 2.05) is 44.1 Å². The van der Waals surface area contributed by atoms with E-state index in [1.54, 1.807) is 14.0 Å². The minimum absolute atomic E-state index is 0.337. The molecule has 6 nitrogen and oxygen atoms in total. The molecule has 0 aliphatic carbocycles. The summed E-state index contributed by atoms with van der Waals surface area (Å²) in [6, 6.07) is 5.81. The van der Waals surface area contributed by atoms with E-state index in [0.29, 0.717) is 18.7 Å². The lowest BCUT2D eigenvalue weighted by Crippen LogP contribution is -2.38. The first-order chi connectivity index (χ1) is 10.7. The number of hydrogen-bond donors (Lipinski definition) is 2. The molecule has 0 unspecified atom stereocenters. The molecule has 0 saturated carbocycles. The number of rotatable bonds is 6. The summed E-state index contributed by atoms with van der Waals surface area (Å²) in [5.74, 6) is -1.27. The van der Waals surface area contributed by atoms with Gasteiger partial charge >= 0.3 is 11.8 Å². The van der Waals surface area contributed by atoms with Crippen LogP contribution in [0, 0.1) is 6.92 Å². The average molecular weight is 321 g/mol. The average Bonchev–Trinajstić information content (AvgIpc) is 2.46. The molecule has 0 heterocycles. The number of aliphatic hydroxyl groups excluding tert-OH is 1. The summed E-state index contributed by atoms with van der Waals surface area (Å²) in [5, 5.41) is 11.9. The van der Waals surface area contributed by atoms with Crippen molar-refractivity contribution in [3.05, 3.63) is 29.3 Å². The van der Waals surface area contributed by atoms with Crippen LogP contribution in [0.2, 0.25) is 0 Å². The highest BCUT2D eigenvalue weighted by Gasteiger charge is 2.19. The zero-order chi connectivity index (χ0) is 17.6. The number of nitrogens with one attached hydrogen (secondary N) is 1. The van der Waals surface area contributed by atoms with E-state index in [2.05, 4.69) is 5.32 Å². The maximum Gasteiger partial charge on any atom is 0.313 e. The van der Waals surface area contributed by atoms with E-state index in [-0.39, 0.29) is 0 Å². The van der Waals surface area contributed by atoms with Gasteiger partial charge in [0.05, 0.1) is 6.10 Å². The van der Waals surface area contributed by atoms with Crippen LogP contribution in [0.1, 0.15) is 24.5 Å². The minimum atomic E-state index is -0.664. The van der Waals surface area contributed by atoms with Crippen molar-refractivity contribution in [3.8, 4) is 0 Å². The number of hydrogen-bond acceptors (Lipinski definition) is 4. The normalized spacial score (nSPS) is 12.1. The van der Waals surface area contributed by atoms with Gasteiger partial charge in [0.2, 0.25) is 0 Å². The number of amides is 2. The smallest absolute Gasteiger partial charge is 0.313 e. The monoisotopic (exact) mass is 321 g/mol. The van der Waals surface area contributed by atoms with Gasteiger partial charge in [-0.3, -0.25) is 9.59 Å². The van der Waals surface area contributed by atoms with E-state index >= 15 is 0 Å². The number of nitrogens with zero attached hydrogens (tertiary/aromatic N) is 2. The number of carbonyl (C=O) groups excluding carboxylic acids is 2. The third-order valence-electron chi connectivity index (χ3n) is 3.47. The van der Waals surface area contributed by atoms with Crippen molar-refractivity contribution in [2.24, 2.45) is 0 Å². The SMILES string of the molecule is Cc1ccc(CN(C)C)cc1NC(=O)C(=O)N(C)CC[C@H](C)O. The van der Waals surface area contributed by atoms with E-state index in [0.717, 1.165) is 17.7 Å². The van der Waals surface area contributed by atoms with Crippen molar-refractivity contribution < 1.29 is 14.7 Å². The maximum atomic E-state index is 12.1. The van der Waals surface area contributed by atoms with Crippen molar-refractivity contribution in [3.63, 3.8) is 0 Å². The molecule has 128 valence electrons. The molecule has 0 fully saturated rings. The van der Waals surface area contributed by atoms with Crippen LogP contribution in [0.3, 0.4) is 0 Å². The Bertz CT molecular complexity index is 556. The fraction of sp³-hybridized carbons (Fsp3) is 0.529. The predicted octanol–water partition coefficient (Wildman–Crippen LogP) is 1.22. The largest absolute Gasteiger partial charge is 0.393 e. The van der Waals surface area contributed by atoms with Crippen LogP contribution in [0.5, 0.6) is 0 Å². The van der Waals surface area contributed by atoms with E-state index in [1.165, 1.54) is 4.90 Å². The van der Waals surface area contributed by atoms with Gasteiger partial charge in [-0.2, -0.15) is 0 Å². The van der Waals surface area contributed by atoms with Gasteiger partial charge in [-0.1, -0.05) is 12.1 Å². The van der Waals surface area contributed by atoms with Gasteiger partial charge in [0.25, 0.3) is 0 Å². The summed E-state index contributed by atoms with van der Waals surface area (Å²) in [4.78, 5) is 27.5. The molecular weight excluding hydrogens is 294 g/mol. The molecule has 6 heteroatoms. The van der Waals surface area contributed by atoms with E-state index < -0.39 is 17.9 Å². The second-order valence-corrected chi connectivity index (χ2v) is 6.21. The Morgan fingerprint density at radius 1 is 1.26 bits per heavy atom. The van der Waals surface area contributed by atoms with Gasteiger partial charge in [-0.15, -0.1) is 0 Å². The topological polar surface area (TPSA) is 72.9 Å². The highest BCUT2D eigenvalue weighted by Crippen LogP contribution is 2.18. The Morgan fingerprint density at radius 2 is 1.91 bits per heavy atom. The van der Waals surface area contributed by atoms with Crippen molar-refractivity contribution in [2.75, 3.05) is 33.0 Å². The lowest BCUT2D eigenvalue weighted by molar-refractivity contribution is -0.142. The highest BCUT2D eigenvalue weighted by atomic mass is 16.3. The van der Waals surface area contributed by atoms with Gasteiger partial charge in [0.1, 0.15) is 0 Å². The highest BCUT2D eigenvalue weighted by molar-refractivity contribution is 6.39. The summed E-state index contributed by atoms with van der Waals surface area (Å²) < 4.78 is 0. The number of aryl methyl sites for hydroxylation is 1. The molecule has 0 aliphatic heterocycles. The standard InChI is InChI=1S/C17H27N3O3/c1-12-6-7-14(11-19(3)4)10-15(12)18-16(22)17(23)20(5)9-8-13(2)21/h6-7,10,13,21H,8-9,11H2,1-5H3,(H,18,22)/t13-/m0/s1. The third-order valence-corrected chi connectivity index (χ3v) is 3.47. The second-order valence-electron chi connectivity index (χ2n) is 6.21. The summed E-state index contributed by atoms with van der Waals surface area (Å²) >= 11 is 0. The number of anilines is 1. The van der Waals surface area contributed by atoms with E-state index in [9.17, 15) is 14.7 Å². The van der Waals surface area contributed by atoms with Gasteiger partial charge in [0.15, 0.2) is 0 Å². The van der Waals surface area contributed by atoms with Crippen molar-refractivity contribution in [1.82, 2.24) is 9.80 Å². The molecule has 2 N–H and O–H groups in total. The molecule has 0 aliphatic rings. The van der Waals surface area contributed by atoms with E-state index in [4.69, 9.17) is 0 Å². The number of aliphatic hydroxyl groups is 1. The summed E-state index contributed by atoms with van der Waals surface area (Å²) in [6.45, 7) is 4.63. The first-order valence-electron chi connectivity index (χ1n) is 7.69. The number of likely N-dealkylation sites (N-methyl/N-ethyl adjacent to an activating group) is 1. The number of carbonyl (C=O) groups is 2. The summed E-state index contributed by atoms with van der Waals surface area (Å²) in [7, 11) is 5.50. The predicted molar refractivity (Wildman–Crippen MR) is 91.1 cm³/mol. The minimum Gasteiger partial charge on any atom is -0.393 e. The van der Waals surface area contributed by atoms with Crippen LogP contribution in [0.15, 0.2) is 18.2 Å². The lowest BCUT2D eigenvalue weighted by atomic mass is 10.1. The third kappa shape index (κ3) is 6.38. The Balaban J connectivity index is 2.74. The summed E-state index contributed by atoms with van der Waals surface area (Å²) in [6.07, 6.45) is -0.0642. The van der Waals surface area contributed by atoms with Crippen molar-refractivity contribution >= 4 is 17.5 Å². The number of benzene rings is 1. The summed E-state index contributed by atoms with van der Waals surface area (Å²) in [5.41, 5.74) is 2.61. The molecule has 1 aromatic rings. The van der Waals surface area contributed by atoms with Crippen LogP contribution in [0.4, 0.5) is 5.69 Å². The zero-order valence-electron chi connectivity index (χ0n) is 14.6. The van der Waals surface area contributed by atoms with Crippen LogP contribution >= 0.6 is 0 Å². The Morgan fingerprint density at radius 3 is 2.48 bits per heavy atom. The molecule has 2 amide bonds. The molecule has 23 heavy (non-hydrogen) atoms. The molecule has 0 aromatic heterocycles.